The summed E-state index contributed by atoms with van der Waals surface area (Å²) in [5.41, 5.74) is 1.97. The van der Waals surface area contributed by atoms with Gasteiger partial charge in [-0.1, -0.05) is 5.21 Å². The third-order valence-electron chi connectivity index (χ3n) is 4.66. The fourth-order valence-electron chi connectivity index (χ4n) is 2.94. The Bertz CT molecular complexity index is 668. The summed E-state index contributed by atoms with van der Waals surface area (Å²) in [6.07, 6.45) is 5.96. The molecule has 25 heavy (non-hydrogen) atoms. The van der Waals surface area contributed by atoms with Crippen molar-refractivity contribution < 1.29 is 5.11 Å². The van der Waals surface area contributed by atoms with Crippen LogP contribution in [0.5, 0.6) is 0 Å². The second-order valence-corrected chi connectivity index (χ2v) is 7.69. The Kier molecular flexibility index (Phi) is 5.22. The van der Waals surface area contributed by atoms with Crippen LogP contribution in [0.2, 0.25) is 0 Å². The van der Waals surface area contributed by atoms with Crippen molar-refractivity contribution in [3.63, 3.8) is 0 Å². The van der Waals surface area contributed by atoms with Crippen molar-refractivity contribution in [2.24, 2.45) is 5.92 Å². The van der Waals surface area contributed by atoms with Crippen LogP contribution in [0.15, 0.2) is 24.5 Å². The van der Waals surface area contributed by atoms with E-state index in [1.54, 1.807) is 0 Å². The van der Waals surface area contributed by atoms with Gasteiger partial charge < -0.3 is 15.3 Å². The molecule has 7 heteroatoms. The maximum atomic E-state index is 9.23. The zero-order valence-corrected chi connectivity index (χ0v) is 15.3. The van der Waals surface area contributed by atoms with Gasteiger partial charge in [-0.05, 0) is 51.7 Å². The molecule has 0 saturated carbocycles. The molecule has 1 aliphatic rings. The number of aliphatic hydroxyl groups excluding tert-OH is 1. The summed E-state index contributed by atoms with van der Waals surface area (Å²) in [4.78, 5) is 6.84. The summed E-state index contributed by atoms with van der Waals surface area (Å²) >= 11 is 0. The van der Waals surface area contributed by atoms with Crippen LogP contribution >= 0.6 is 0 Å². The van der Waals surface area contributed by atoms with Gasteiger partial charge in [0.1, 0.15) is 11.5 Å². The van der Waals surface area contributed by atoms with Crippen LogP contribution in [0.25, 0.3) is 0 Å². The molecular weight excluding hydrogens is 316 g/mol. The summed E-state index contributed by atoms with van der Waals surface area (Å²) in [6, 6.07) is 4.10. The van der Waals surface area contributed by atoms with Crippen LogP contribution in [0, 0.1) is 5.92 Å². The van der Waals surface area contributed by atoms with E-state index in [0.29, 0.717) is 19.1 Å². The molecule has 136 valence electrons. The minimum absolute atomic E-state index is 0.0609. The molecule has 0 aromatic carbocycles. The highest BCUT2D eigenvalue weighted by atomic mass is 16.3. The fourth-order valence-corrected chi connectivity index (χ4v) is 2.94. The Hall–Kier alpha value is -2.15. The van der Waals surface area contributed by atoms with E-state index < -0.39 is 0 Å². The van der Waals surface area contributed by atoms with Gasteiger partial charge in [-0.25, -0.2) is 9.67 Å². The number of hydrogen-bond donors (Lipinski definition) is 2. The smallest absolute Gasteiger partial charge is 0.126 e. The molecular formula is C18H28N6O. The molecule has 0 unspecified atom stereocenters. The normalized spacial score (nSPS) is 16.2. The first-order valence-corrected chi connectivity index (χ1v) is 8.93. The van der Waals surface area contributed by atoms with E-state index in [9.17, 15) is 5.11 Å². The minimum Gasteiger partial charge on any atom is -0.396 e. The van der Waals surface area contributed by atoms with E-state index in [1.807, 2.05) is 23.1 Å². The van der Waals surface area contributed by atoms with Gasteiger partial charge in [-0.2, -0.15) is 0 Å². The van der Waals surface area contributed by atoms with Gasteiger partial charge in [-0.3, -0.25) is 0 Å². The maximum Gasteiger partial charge on any atom is 0.126 e. The van der Waals surface area contributed by atoms with Crippen LogP contribution in [-0.2, 0) is 12.1 Å². The van der Waals surface area contributed by atoms with E-state index in [2.05, 4.69) is 52.4 Å². The van der Waals surface area contributed by atoms with E-state index >= 15 is 0 Å². The summed E-state index contributed by atoms with van der Waals surface area (Å²) in [7, 11) is 0. The van der Waals surface area contributed by atoms with Crippen LogP contribution < -0.4 is 10.2 Å². The summed E-state index contributed by atoms with van der Waals surface area (Å²) in [6.45, 7) is 9.16. The van der Waals surface area contributed by atoms with Crippen molar-refractivity contribution in [1.29, 1.82) is 0 Å². The average Bonchev–Trinajstić information content (AvgIpc) is 3.10. The van der Waals surface area contributed by atoms with E-state index in [-0.39, 0.29) is 5.54 Å². The zero-order valence-electron chi connectivity index (χ0n) is 15.3. The Morgan fingerprint density at radius 1 is 1.24 bits per heavy atom. The number of hydrogen-bond acceptors (Lipinski definition) is 6. The molecule has 0 amide bonds. The monoisotopic (exact) mass is 344 g/mol. The molecule has 7 nitrogen and oxygen atoms in total. The Balaban J connectivity index is 1.53. The lowest BCUT2D eigenvalue weighted by molar-refractivity contribution is 0.203. The van der Waals surface area contributed by atoms with Gasteiger partial charge >= 0.3 is 0 Å². The lowest BCUT2D eigenvalue weighted by Crippen LogP contribution is -2.34. The first-order valence-electron chi connectivity index (χ1n) is 8.93. The molecule has 0 bridgehead atoms. The van der Waals surface area contributed by atoms with E-state index in [1.165, 1.54) is 0 Å². The van der Waals surface area contributed by atoms with Gasteiger partial charge in [0.05, 0.1) is 30.2 Å². The van der Waals surface area contributed by atoms with Crippen molar-refractivity contribution in [3.8, 4) is 0 Å². The second kappa shape index (κ2) is 7.39. The Morgan fingerprint density at radius 2 is 2.00 bits per heavy atom. The number of nitrogens with zero attached hydrogens (tertiary/aromatic N) is 5. The highest BCUT2D eigenvalue weighted by Crippen LogP contribution is 2.23. The third kappa shape index (κ3) is 4.48. The van der Waals surface area contributed by atoms with Gasteiger partial charge in [0.25, 0.3) is 0 Å². The molecule has 3 rings (SSSR count). The van der Waals surface area contributed by atoms with Gasteiger partial charge in [-0.15, -0.1) is 5.10 Å². The van der Waals surface area contributed by atoms with Crippen LogP contribution in [0.3, 0.4) is 0 Å². The van der Waals surface area contributed by atoms with Crippen molar-refractivity contribution in [2.45, 2.75) is 45.7 Å². The predicted molar refractivity (Wildman–Crippen MR) is 98.6 cm³/mol. The summed E-state index contributed by atoms with van der Waals surface area (Å²) in [5, 5.41) is 20.9. The number of rotatable bonds is 5. The van der Waals surface area contributed by atoms with Crippen molar-refractivity contribution in [3.05, 3.63) is 30.2 Å². The van der Waals surface area contributed by atoms with Crippen LogP contribution in [0.1, 0.15) is 39.3 Å². The lowest BCUT2D eigenvalue weighted by Gasteiger charge is -2.32. The summed E-state index contributed by atoms with van der Waals surface area (Å²) in [5.74, 6) is 1.28. The third-order valence-corrected chi connectivity index (χ3v) is 4.66. The quantitative estimate of drug-likeness (QED) is 0.866. The van der Waals surface area contributed by atoms with Gasteiger partial charge in [0, 0.05) is 19.7 Å². The Morgan fingerprint density at radius 3 is 2.56 bits per heavy atom. The number of aliphatic hydroxyl groups is 1. The number of piperidine rings is 1. The lowest BCUT2D eigenvalue weighted by atomic mass is 9.98. The molecule has 2 aromatic heterocycles. The van der Waals surface area contributed by atoms with Crippen LogP contribution in [-0.4, -0.2) is 44.8 Å². The van der Waals surface area contributed by atoms with Crippen LogP contribution in [0.4, 0.5) is 11.5 Å². The molecule has 2 aromatic rings. The number of aromatic nitrogens is 4. The van der Waals surface area contributed by atoms with E-state index in [4.69, 9.17) is 0 Å². The van der Waals surface area contributed by atoms with E-state index in [0.717, 1.165) is 43.1 Å². The first-order chi connectivity index (χ1) is 12.0. The number of pyridine rings is 1. The molecule has 0 aliphatic carbocycles. The summed E-state index contributed by atoms with van der Waals surface area (Å²) < 4.78 is 1.87. The fraction of sp³-hybridized carbons (Fsp3) is 0.611. The molecule has 3 heterocycles. The molecule has 0 atom stereocenters. The molecule has 0 radical (unpaired) electrons. The molecule has 0 spiro atoms. The van der Waals surface area contributed by atoms with Gasteiger partial charge in [0.15, 0.2) is 0 Å². The maximum absolute atomic E-state index is 9.23. The SMILES string of the molecule is CC(C)(C)n1cc(CNc2ccc(N3CCC(CO)CC3)cn2)nn1. The second-order valence-electron chi connectivity index (χ2n) is 7.69. The molecule has 1 aliphatic heterocycles. The highest BCUT2D eigenvalue weighted by Gasteiger charge is 2.19. The highest BCUT2D eigenvalue weighted by molar-refractivity contribution is 5.49. The van der Waals surface area contributed by atoms with Crippen molar-refractivity contribution >= 4 is 11.5 Å². The standard InChI is InChI=1S/C18H28N6O/c1-18(2,3)24-12-15(21-22-24)10-19-17-5-4-16(11-20-17)23-8-6-14(13-25)7-9-23/h4-5,11-12,14,25H,6-10,13H2,1-3H3,(H,19,20). The molecule has 1 saturated heterocycles. The van der Waals surface area contributed by atoms with Crippen molar-refractivity contribution in [1.82, 2.24) is 20.0 Å². The largest absolute Gasteiger partial charge is 0.396 e. The topological polar surface area (TPSA) is 79.1 Å². The minimum atomic E-state index is -0.0609. The number of nitrogens with one attached hydrogen (secondary N) is 1. The molecule has 1 fully saturated rings. The average molecular weight is 344 g/mol. The van der Waals surface area contributed by atoms with Gasteiger partial charge in [0.2, 0.25) is 0 Å². The molecule has 2 N–H and O–H groups in total. The number of anilines is 2. The Labute approximate surface area is 149 Å². The zero-order chi connectivity index (χ0) is 17.9. The van der Waals surface area contributed by atoms with Crippen molar-refractivity contribution in [2.75, 3.05) is 29.9 Å². The first kappa shape index (κ1) is 17.7. The predicted octanol–water partition coefficient (Wildman–Crippen LogP) is 2.25.